The van der Waals surface area contributed by atoms with Crippen molar-refractivity contribution in [1.82, 2.24) is 0 Å². The van der Waals surface area contributed by atoms with Gasteiger partial charge in [-0.1, -0.05) is 0 Å². The van der Waals surface area contributed by atoms with E-state index in [2.05, 4.69) is 0 Å². The number of nitrogen functional groups attached to an aromatic ring is 1. The third-order valence-corrected chi connectivity index (χ3v) is 3.79. The van der Waals surface area contributed by atoms with Crippen LogP contribution in [0.4, 0.5) is 5.69 Å². The number of nitrogens with two attached hydrogens (primary N) is 1. The molecule has 1 atom stereocenters. The van der Waals surface area contributed by atoms with Crippen LogP contribution in [0.1, 0.15) is 13.3 Å². The second kappa shape index (κ2) is 5.46. The summed E-state index contributed by atoms with van der Waals surface area (Å²) in [4.78, 5) is 1.10. The van der Waals surface area contributed by atoms with E-state index in [-0.39, 0.29) is 0 Å². The fourth-order valence-corrected chi connectivity index (χ4v) is 2.78. The Kier molecular flexibility index (Phi) is 3.96. The number of rotatable bonds is 4. The van der Waals surface area contributed by atoms with Crippen molar-refractivity contribution >= 4 is 17.4 Å². The maximum Gasteiger partial charge on any atom is 0.120 e. The molecule has 0 aromatic heterocycles. The number of thioether (sulfide) groups is 1. The molecule has 0 saturated carbocycles. The van der Waals surface area contributed by atoms with Crippen LogP contribution in [0, 0.1) is 0 Å². The van der Waals surface area contributed by atoms with Crippen molar-refractivity contribution in [1.29, 1.82) is 0 Å². The monoisotopic (exact) mass is 239 g/mol. The molecule has 2 N–H and O–H groups in total. The first-order valence-electron chi connectivity index (χ1n) is 5.56. The van der Waals surface area contributed by atoms with Gasteiger partial charge in [0, 0.05) is 22.4 Å². The van der Waals surface area contributed by atoms with E-state index < -0.39 is 0 Å². The SMILES string of the molecule is CCOc1ccc(N)c(SC2CCOC2)c1. The van der Waals surface area contributed by atoms with Gasteiger partial charge in [-0.15, -0.1) is 11.8 Å². The molecule has 3 nitrogen and oxygen atoms in total. The van der Waals surface area contributed by atoms with Crippen molar-refractivity contribution in [3.63, 3.8) is 0 Å². The van der Waals surface area contributed by atoms with Gasteiger partial charge in [0.1, 0.15) is 5.75 Å². The summed E-state index contributed by atoms with van der Waals surface area (Å²) in [6, 6.07) is 5.83. The van der Waals surface area contributed by atoms with Crippen LogP contribution in [0.25, 0.3) is 0 Å². The van der Waals surface area contributed by atoms with Crippen LogP contribution in [0.3, 0.4) is 0 Å². The molecule has 0 aliphatic carbocycles. The zero-order valence-corrected chi connectivity index (χ0v) is 10.3. The standard InChI is InChI=1S/C12H17NO2S/c1-2-15-9-3-4-11(13)12(7-9)16-10-5-6-14-8-10/h3-4,7,10H,2,5-6,8,13H2,1H3. The molecule has 0 amide bonds. The second-order valence-electron chi connectivity index (χ2n) is 3.74. The lowest BCUT2D eigenvalue weighted by atomic mass is 10.3. The molecule has 1 heterocycles. The van der Waals surface area contributed by atoms with E-state index >= 15 is 0 Å². The summed E-state index contributed by atoms with van der Waals surface area (Å²) in [6.07, 6.45) is 1.10. The Morgan fingerprint density at radius 1 is 1.56 bits per heavy atom. The van der Waals surface area contributed by atoms with Crippen LogP contribution in [0.2, 0.25) is 0 Å². The molecular weight excluding hydrogens is 222 g/mol. The molecule has 0 bridgehead atoms. The molecule has 1 aliphatic heterocycles. The normalized spacial score (nSPS) is 19.9. The largest absolute Gasteiger partial charge is 0.494 e. The molecule has 0 spiro atoms. The van der Waals surface area contributed by atoms with Crippen molar-refractivity contribution < 1.29 is 9.47 Å². The molecule has 88 valence electrons. The van der Waals surface area contributed by atoms with E-state index in [4.69, 9.17) is 15.2 Å². The van der Waals surface area contributed by atoms with Gasteiger partial charge in [0.15, 0.2) is 0 Å². The summed E-state index contributed by atoms with van der Waals surface area (Å²) in [5.74, 6) is 0.887. The Hall–Kier alpha value is -0.870. The van der Waals surface area contributed by atoms with Gasteiger partial charge in [0.25, 0.3) is 0 Å². The second-order valence-corrected chi connectivity index (χ2v) is 5.08. The van der Waals surface area contributed by atoms with E-state index in [1.165, 1.54) is 0 Å². The van der Waals surface area contributed by atoms with Gasteiger partial charge in [-0.05, 0) is 31.5 Å². The molecule has 1 saturated heterocycles. The van der Waals surface area contributed by atoms with Crippen LogP contribution in [0.15, 0.2) is 23.1 Å². The Balaban J connectivity index is 2.08. The smallest absolute Gasteiger partial charge is 0.120 e. The average molecular weight is 239 g/mol. The Morgan fingerprint density at radius 2 is 2.44 bits per heavy atom. The van der Waals surface area contributed by atoms with Gasteiger partial charge in [0.2, 0.25) is 0 Å². The van der Waals surface area contributed by atoms with E-state index in [1.807, 2.05) is 25.1 Å². The van der Waals surface area contributed by atoms with Gasteiger partial charge in [-0.2, -0.15) is 0 Å². The number of benzene rings is 1. The first-order valence-corrected chi connectivity index (χ1v) is 6.44. The quantitative estimate of drug-likeness (QED) is 0.820. The molecule has 2 rings (SSSR count). The molecule has 1 unspecified atom stereocenters. The minimum Gasteiger partial charge on any atom is -0.494 e. The zero-order chi connectivity index (χ0) is 11.4. The van der Waals surface area contributed by atoms with Gasteiger partial charge in [-0.3, -0.25) is 0 Å². The van der Waals surface area contributed by atoms with E-state index in [1.54, 1.807) is 11.8 Å². The zero-order valence-electron chi connectivity index (χ0n) is 9.44. The summed E-state index contributed by atoms with van der Waals surface area (Å²) in [7, 11) is 0. The van der Waals surface area contributed by atoms with E-state index in [0.29, 0.717) is 11.9 Å². The third kappa shape index (κ3) is 2.83. The molecule has 1 aliphatic rings. The lowest BCUT2D eigenvalue weighted by Gasteiger charge is -2.11. The highest BCUT2D eigenvalue weighted by atomic mass is 32.2. The van der Waals surface area contributed by atoms with Crippen molar-refractivity contribution in [2.24, 2.45) is 0 Å². The van der Waals surface area contributed by atoms with Crippen LogP contribution < -0.4 is 10.5 Å². The van der Waals surface area contributed by atoms with Crippen LogP contribution in [-0.4, -0.2) is 25.1 Å². The topological polar surface area (TPSA) is 44.5 Å². The molecule has 1 aromatic rings. The summed E-state index contributed by atoms with van der Waals surface area (Å²) in [5, 5.41) is 0.527. The lowest BCUT2D eigenvalue weighted by Crippen LogP contribution is -2.02. The summed E-state index contributed by atoms with van der Waals surface area (Å²) < 4.78 is 10.8. The molecule has 1 fully saturated rings. The van der Waals surface area contributed by atoms with Gasteiger partial charge >= 0.3 is 0 Å². The Labute approximate surface area is 100 Å². The number of anilines is 1. The van der Waals surface area contributed by atoms with Crippen molar-refractivity contribution in [2.75, 3.05) is 25.6 Å². The maximum absolute atomic E-state index is 5.95. The Morgan fingerprint density at radius 3 is 3.12 bits per heavy atom. The fourth-order valence-electron chi connectivity index (χ4n) is 1.66. The Bertz CT molecular complexity index is 351. The number of hydrogen-bond donors (Lipinski definition) is 1. The summed E-state index contributed by atoms with van der Waals surface area (Å²) >= 11 is 1.79. The summed E-state index contributed by atoms with van der Waals surface area (Å²) in [6.45, 7) is 4.35. The predicted octanol–water partition coefficient (Wildman–Crippen LogP) is 2.55. The first kappa shape index (κ1) is 11.6. The van der Waals surface area contributed by atoms with E-state index in [0.717, 1.165) is 36.0 Å². The highest BCUT2D eigenvalue weighted by Gasteiger charge is 2.18. The molecule has 4 heteroatoms. The summed E-state index contributed by atoms with van der Waals surface area (Å²) in [5.41, 5.74) is 6.77. The maximum atomic E-state index is 5.95. The van der Waals surface area contributed by atoms with Crippen molar-refractivity contribution in [3.8, 4) is 5.75 Å². The number of hydrogen-bond acceptors (Lipinski definition) is 4. The van der Waals surface area contributed by atoms with E-state index in [9.17, 15) is 0 Å². The van der Waals surface area contributed by atoms with Crippen molar-refractivity contribution in [2.45, 2.75) is 23.5 Å². The lowest BCUT2D eigenvalue weighted by molar-refractivity contribution is 0.199. The van der Waals surface area contributed by atoms with Crippen LogP contribution >= 0.6 is 11.8 Å². The molecular formula is C12H17NO2S. The minimum atomic E-state index is 0.527. The highest BCUT2D eigenvalue weighted by molar-refractivity contribution is 8.00. The van der Waals surface area contributed by atoms with Crippen molar-refractivity contribution in [3.05, 3.63) is 18.2 Å². The van der Waals surface area contributed by atoms with Gasteiger partial charge in [-0.25, -0.2) is 0 Å². The predicted molar refractivity (Wildman–Crippen MR) is 67.1 cm³/mol. The van der Waals surface area contributed by atoms with Gasteiger partial charge in [0.05, 0.1) is 13.2 Å². The number of ether oxygens (including phenoxy) is 2. The van der Waals surface area contributed by atoms with Gasteiger partial charge < -0.3 is 15.2 Å². The third-order valence-electron chi connectivity index (χ3n) is 2.48. The minimum absolute atomic E-state index is 0.527. The van der Waals surface area contributed by atoms with Crippen LogP contribution in [-0.2, 0) is 4.74 Å². The molecule has 1 aromatic carbocycles. The van der Waals surface area contributed by atoms with Crippen LogP contribution in [0.5, 0.6) is 5.75 Å². The first-order chi connectivity index (χ1) is 7.79. The average Bonchev–Trinajstić information content (AvgIpc) is 2.76. The fraction of sp³-hybridized carbons (Fsp3) is 0.500. The molecule has 16 heavy (non-hydrogen) atoms. The molecule has 0 radical (unpaired) electrons. The highest BCUT2D eigenvalue weighted by Crippen LogP contribution is 2.34.